The molecule has 3 rings (SSSR count). The van der Waals surface area contributed by atoms with Crippen LogP contribution in [0.2, 0.25) is 0 Å². The molecule has 1 aliphatic heterocycles. The summed E-state index contributed by atoms with van der Waals surface area (Å²) < 4.78 is 1.43. The van der Waals surface area contributed by atoms with Crippen LogP contribution in [0.3, 0.4) is 0 Å². The molecule has 0 spiro atoms. The fourth-order valence-corrected chi connectivity index (χ4v) is 4.99. The molecule has 0 N–H and O–H groups in total. The second kappa shape index (κ2) is 7.29. The lowest BCUT2D eigenvalue weighted by Gasteiger charge is -2.29. The van der Waals surface area contributed by atoms with Gasteiger partial charge in [0.2, 0.25) is 0 Å². The van der Waals surface area contributed by atoms with Gasteiger partial charge in [0.1, 0.15) is 9.07 Å². The molecule has 1 saturated heterocycles. The van der Waals surface area contributed by atoms with E-state index in [1.807, 2.05) is 78.5 Å². The Morgan fingerprint density at radius 1 is 1.12 bits per heavy atom. The molecule has 2 aromatic carbocycles. The van der Waals surface area contributed by atoms with Crippen LogP contribution in [-0.2, 0) is 0 Å². The van der Waals surface area contributed by atoms with Crippen LogP contribution in [0, 0.1) is 5.21 Å². The van der Waals surface area contributed by atoms with E-state index in [0.717, 1.165) is 26.0 Å². The SMILES string of the molecule is CN(C)c1ccc(C=[N+]([O-])[C@H]2N(c3ccccc3)C(=S)SC2(C)C)cc1. The predicted octanol–water partition coefficient (Wildman–Crippen LogP) is 4.32. The molecular formula is C20H23N3OS2. The van der Waals surface area contributed by atoms with E-state index in [4.69, 9.17) is 12.2 Å². The van der Waals surface area contributed by atoms with Gasteiger partial charge in [-0.3, -0.25) is 4.90 Å². The Balaban J connectivity index is 1.96. The number of rotatable bonds is 4. The molecule has 1 heterocycles. The number of hydroxylamine groups is 1. The molecule has 0 radical (unpaired) electrons. The second-order valence-electron chi connectivity index (χ2n) is 7.03. The highest BCUT2D eigenvalue weighted by atomic mass is 32.2. The van der Waals surface area contributed by atoms with Gasteiger partial charge in [0.05, 0.1) is 0 Å². The topological polar surface area (TPSA) is 32.5 Å². The molecule has 6 heteroatoms. The van der Waals surface area contributed by atoms with Crippen LogP contribution in [0.25, 0.3) is 0 Å². The van der Waals surface area contributed by atoms with Crippen LogP contribution in [0.5, 0.6) is 0 Å². The number of hydrogen-bond acceptors (Lipinski definition) is 4. The molecular weight excluding hydrogens is 362 g/mol. The van der Waals surface area contributed by atoms with E-state index in [-0.39, 0.29) is 4.75 Å². The molecule has 0 saturated carbocycles. The van der Waals surface area contributed by atoms with E-state index in [2.05, 4.69) is 13.8 Å². The molecule has 26 heavy (non-hydrogen) atoms. The second-order valence-corrected chi connectivity index (χ2v) is 9.31. The van der Waals surface area contributed by atoms with Crippen molar-refractivity contribution in [2.24, 2.45) is 0 Å². The van der Waals surface area contributed by atoms with Gasteiger partial charge >= 0.3 is 0 Å². The largest absolute Gasteiger partial charge is 0.622 e. The first kappa shape index (κ1) is 18.7. The average molecular weight is 386 g/mol. The zero-order valence-corrected chi connectivity index (χ0v) is 17.1. The van der Waals surface area contributed by atoms with Crippen molar-refractivity contribution in [3.05, 3.63) is 65.4 Å². The lowest BCUT2D eigenvalue weighted by Crippen LogP contribution is -2.48. The number of benzene rings is 2. The van der Waals surface area contributed by atoms with Crippen molar-refractivity contribution in [3.8, 4) is 0 Å². The molecule has 4 nitrogen and oxygen atoms in total. The van der Waals surface area contributed by atoms with Crippen LogP contribution in [-0.4, -0.2) is 40.3 Å². The molecule has 1 atom stereocenters. The third-order valence-corrected chi connectivity index (χ3v) is 5.93. The first-order valence-corrected chi connectivity index (χ1v) is 9.67. The molecule has 0 aliphatic carbocycles. The van der Waals surface area contributed by atoms with Gasteiger partial charge in [-0.25, -0.2) is 0 Å². The lowest BCUT2D eigenvalue weighted by molar-refractivity contribution is -0.497. The molecule has 2 aromatic rings. The average Bonchev–Trinajstić information content (AvgIpc) is 2.84. The fraction of sp³-hybridized carbons (Fsp3) is 0.300. The fourth-order valence-electron chi connectivity index (χ4n) is 3.07. The Bertz CT molecular complexity index is 817. The third kappa shape index (κ3) is 3.71. The minimum absolute atomic E-state index is 0.325. The van der Waals surface area contributed by atoms with Crippen molar-refractivity contribution in [2.75, 3.05) is 23.9 Å². The van der Waals surface area contributed by atoms with Crippen molar-refractivity contribution in [2.45, 2.75) is 24.8 Å². The smallest absolute Gasteiger partial charge is 0.258 e. The summed E-state index contributed by atoms with van der Waals surface area (Å²) in [6.07, 6.45) is 1.24. The highest BCUT2D eigenvalue weighted by Crippen LogP contribution is 2.43. The third-order valence-electron chi connectivity index (χ3n) is 4.37. The summed E-state index contributed by atoms with van der Waals surface area (Å²) in [5.74, 6) is 0. The van der Waals surface area contributed by atoms with Crippen LogP contribution in [0.15, 0.2) is 54.6 Å². The molecule has 0 unspecified atom stereocenters. The van der Waals surface area contributed by atoms with Crippen LogP contribution >= 0.6 is 24.0 Å². The molecule has 0 bridgehead atoms. The first-order chi connectivity index (χ1) is 12.3. The highest BCUT2D eigenvalue weighted by Gasteiger charge is 2.51. The maximum Gasteiger partial charge on any atom is 0.258 e. The number of thioether (sulfide) groups is 1. The van der Waals surface area contributed by atoms with Gasteiger partial charge in [-0.15, -0.1) is 0 Å². The van der Waals surface area contributed by atoms with Gasteiger partial charge in [-0.05, 0) is 50.2 Å². The van der Waals surface area contributed by atoms with Crippen molar-refractivity contribution < 1.29 is 4.74 Å². The normalized spacial score (nSPS) is 19.7. The maximum absolute atomic E-state index is 13.1. The molecule has 0 aromatic heterocycles. The summed E-state index contributed by atoms with van der Waals surface area (Å²) in [5.41, 5.74) is 2.92. The zero-order valence-electron chi connectivity index (χ0n) is 15.4. The van der Waals surface area contributed by atoms with Crippen LogP contribution in [0.1, 0.15) is 19.4 Å². The van der Waals surface area contributed by atoms with Gasteiger partial charge in [-0.2, -0.15) is 4.74 Å². The summed E-state index contributed by atoms with van der Waals surface area (Å²) in [7, 11) is 3.99. The van der Waals surface area contributed by atoms with Gasteiger partial charge in [0, 0.05) is 31.0 Å². The van der Waals surface area contributed by atoms with E-state index in [1.165, 1.54) is 0 Å². The number of para-hydroxylation sites is 1. The summed E-state index contributed by atoms with van der Waals surface area (Å²) in [6.45, 7) is 4.12. The summed E-state index contributed by atoms with van der Waals surface area (Å²) in [4.78, 5) is 3.99. The summed E-state index contributed by atoms with van der Waals surface area (Å²) in [5, 5.41) is 13.1. The summed E-state index contributed by atoms with van der Waals surface area (Å²) in [6, 6.07) is 17.8. The quantitative estimate of drug-likeness (QED) is 0.257. The number of nitrogens with zero attached hydrogens (tertiary/aromatic N) is 3. The number of hydrogen-bond donors (Lipinski definition) is 0. The highest BCUT2D eigenvalue weighted by molar-refractivity contribution is 8.24. The van der Waals surface area contributed by atoms with Crippen molar-refractivity contribution >= 4 is 45.9 Å². The van der Waals surface area contributed by atoms with E-state index in [9.17, 15) is 5.21 Å². The predicted molar refractivity (Wildman–Crippen MR) is 117 cm³/mol. The lowest BCUT2D eigenvalue weighted by atomic mass is 10.1. The maximum atomic E-state index is 13.1. The van der Waals surface area contributed by atoms with E-state index >= 15 is 0 Å². The molecule has 1 fully saturated rings. The first-order valence-electron chi connectivity index (χ1n) is 8.44. The van der Waals surface area contributed by atoms with Crippen LogP contribution in [0.4, 0.5) is 11.4 Å². The minimum Gasteiger partial charge on any atom is -0.622 e. The zero-order chi connectivity index (χ0) is 18.9. The van der Waals surface area contributed by atoms with E-state index in [0.29, 0.717) is 0 Å². The standard InChI is InChI=1S/C20H23N3OS2/c1-20(2)18(23(19(25)26-20)17-8-6-5-7-9-17)22(24)14-15-10-12-16(13-11-15)21(3)4/h5-14,18H,1-4H3/t18-/m0/s1. The number of anilines is 2. The Hall–Kier alpha value is -2.05. The van der Waals surface area contributed by atoms with Gasteiger partial charge < -0.3 is 10.1 Å². The molecule has 136 valence electrons. The molecule has 0 amide bonds. The minimum atomic E-state index is -0.407. The Labute approximate surface area is 164 Å². The van der Waals surface area contributed by atoms with E-state index < -0.39 is 6.17 Å². The van der Waals surface area contributed by atoms with Gasteiger partial charge in [-0.1, -0.05) is 42.2 Å². The Kier molecular flexibility index (Phi) is 5.25. The van der Waals surface area contributed by atoms with Gasteiger partial charge in [0.15, 0.2) is 6.21 Å². The van der Waals surface area contributed by atoms with Crippen molar-refractivity contribution in [3.63, 3.8) is 0 Å². The van der Waals surface area contributed by atoms with Crippen molar-refractivity contribution in [1.82, 2.24) is 0 Å². The molecule has 1 aliphatic rings. The Morgan fingerprint density at radius 2 is 1.73 bits per heavy atom. The summed E-state index contributed by atoms with van der Waals surface area (Å²) >= 11 is 7.15. The van der Waals surface area contributed by atoms with Gasteiger partial charge in [0.25, 0.3) is 6.17 Å². The monoisotopic (exact) mass is 385 g/mol. The number of thiocarbonyl (C=S) groups is 1. The van der Waals surface area contributed by atoms with E-state index in [1.54, 1.807) is 18.0 Å². The van der Waals surface area contributed by atoms with Crippen molar-refractivity contribution in [1.29, 1.82) is 0 Å². The van der Waals surface area contributed by atoms with Crippen LogP contribution < -0.4 is 9.80 Å². The Morgan fingerprint density at radius 3 is 2.31 bits per heavy atom.